The minimum Gasteiger partial charge on any atom is -0.339 e. The fourth-order valence-electron chi connectivity index (χ4n) is 1.68. The molecule has 3 heteroatoms. The van der Waals surface area contributed by atoms with Gasteiger partial charge in [-0.05, 0) is 18.9 Å². The average Bonchev–Trinajstić information content (AvgIpc) is 2.36. The van der Waals surface area contributed by atoms with Crippen molar-refractivity contribution in [2.75, 3.05) is 6.54 Å². The quantitative estimate of drug-likeness (QED) is 0.820. The minimum atomic E-state index is -0.0210. The number of rotatable bonds is 6. The van der Waals surface area contributed by atoms with Gasteiger partial charge in [0.1, 0.15) is 0 Å². The molecule has 0 saturated carbocycles. The smallest absolute Gasteiger partial charge is 0.224 e. The molecule has 0 bridgehead atoms. The van der Waals surface area contributed by atoms with E-state index in [9.17, 15) is 4.79 Å². The minimum absolute atomic E-state index is 0.0210. The molecular formula is C14H22N2O. The Hall–Kier alpha value is -1.35. The first kappa shape index (κ1) is 13.7. The number of hydrogen-bond donors (Lipinski definition) is 1. The highest BCUT2D eigenvalue weighted by Gasteiger charge is 2.14. The number of nitrogens with two attached hydrogens (primary N) is 1. The zero-order chi connectivity index (χ0) is 12.7. The Morgan fingerprint density at radius 1 is 1.29 bits per heavy atom. The van der Waals surface area contributed by atoms with Gasteiger partial charge in [-0.1, -0.05) is 37.3 Å². The van der Waals surface area contributed by atoms with E-state index < -0.39 is 0 Å². The summed E-state index contributed by atoms with van der Waals surface area (Å²) in [4.78, 5) is 13.8. The lowest BCUT2D eigenvalue weighted by molar-refractivity contribution is -0.132. The Morgan fingerprint density at radius 2 is 1.94 bits per heavy atom. The number of amides is 1. The van der Waals surface area contributed by atoms with Crippen molar-refractivity contribution < 1.29 is 4.79 Å². The average molecular weight is 234 g/mol. The first-order valence-corrected chi connectivity index (χ1v) is 6.24. The molecule has 3 nitrogen and oxygen atoms in total. The van der Waals surface area contributed by atoms with E-state index in [1.54, 1.807) is 0 Å². The maximum atomic E-state index is 12.0. The summed E-state index contributed by atoms with van der Waals surface area (Å²) in [6.07, 6.45) is 1.28. The lowest BCUT2D eigenvalue weighted by Crippen LogP contribution is -2.35. The largest absolute Gasteiger partial charge is 0.339 e. The van der Waals surface area contributed by atoms with E-state index in [-0.39, 0.29) is 11.9 Å². The fraction of sp³-hybridized carbons (Fsp3) is 0.500. The molecule has 0 spiro atoms. The van der Waals surface area contributed by atoms with Crippen molar-refractivity contribution in [2.45, 2.75) is 39.3 Å². The summed E-state index contributed by atoms with van der Waals surface area (Å²) in [6.45, 7) is 5.40. The number of benzene rings is 1. The lowest BCUT2D eigenvalue weighted by atomic mass is 10.1. The summed E-state index contributed by atoms with van der Waals surface area (Å²) >= 11 is 0. The molecule has 1 rings (SSSR count). The normalized spacial score (nSPS) is 12.2. The molecule has 2 N–H and O–H groups in total. The van der Waals surface area contributed by atoms with Crippen molar-refractivity contribution in [2.24, 2.45) is 5.73 Å². The molecule has 0 aliphatic heterocycles. The maximum absolute atomic E-state index is 12.0. The molecule has 0 aliphatic rings. The monoisotopic (exact) mass is 234 g/mol. The van der Waals surface area contributed by atoms with Crippen LogP contribution in [0.5, 0.6) is 0 Å². The standard InChI is InChI=1S/C14H22N2O/c1-3-13(15)10-14(17)16(4-2)11-12-8-6-5-7-9-12/h5-9,13H,3-4,10-11,15H2,1-2H3. The molecule has 0 fully saturated rings. The van der Waals surface area contributed by atoms with Gasteiger partial charge in [-0.3, -0.25) is 4.79 Å². The third-order valence-corrected chi connectivity index (χ3v) is 2.91. The van der Waals surface area contributed by atoms with E-state index in [1.165, 1.54) is 0 Å². The van der Waals surface area contributed by atoms with Gasteiger partial charge in [0.2, 0.25) is 5.91 Å². The molecule has 1 atom stereocenters. The predicted octanol–water partition coefficient (Wildman–Crippen LogP) is 2.16. The van der Waals surface area contributed by atoms with Gasteiger partial charge in [0, 0.05) is 25.6 Å². The third-order valence-electron chi connectivity index (χ3n) is 2.91. The number of nitrogens with zero attached hydrogens (tertiary/aromatic N) is 1. The van der Waals surface area contributed by atoms with E-state index in [4.69, 9.17) is 5.73 Å². The molecule has 17 heavy (non-hydrogen) atoms. The van der Waals surface area contributed by atoms with E-state index in [0.29, 0.717) is 13.0 Å². The summed E-state index contributed by atoms with van der Waals surface area (Å²) in [5.41, 5.74) is 6.97. The molecule has 1 aromatic rings. The zero-order valence-electron chi connectivity index (χ0n) is 10.7. The Labute approximate surface area is 104 Å². The van der Waals surface area contributed by atoms with Crippen molar-refractivity contribution in [3.63, 3.8) is 0 Å². The SMILES string of the molecule is CCC(N)CC(=O)N(CC)Cc1ccccc1. The van der Waals surface area contributed by atoms with Crippen molar-refractivity contribution in [3.8, 4) is 0 Å². The fourth-order valence-corrected chi connectivity index (χ4v) is 1.68. The Kier molecular flexibility index (Phi) is 5.70. The van der Waals surface area contributed by atoms with E-state index in [2.05, 4.69) is 0 Å². The van der Waals surface area contributed by atoms with Crippen LogP contribution in [0.3, 0.4) is 0 Å². The molecule has 1 amide bonds. The Morgan fingerprint density at radius 3 is 2.47 bits per heavy atom. The number of carbonyl (C=O) groups is 1. The van der Waals surface area contributed by atoms with Crippen molar-refractivity contribution >= 4 is 5.91 Å². The molecular weight excluding hydrogens is 212 g/mol. The van der Waals surface area contributed by atoms with Crippen LogP contribution in [0.25, 0.3) is 0 Å². The number of carbonyl (C=O) groups excluding carboxylic acids is 1. The van der Waals surface area contributed by atoms with Crippen LogP contribution in [-0.4, -0.2) is 23.4 Å². The highest BCUT2D eigenvalue weighted by Crippen LogP contribution is 2.07. The molecule has 0 aromatic heterocycles. The molecule has 0 saturated heterocycles. The summed E-state index contributed by atoms with van der Waals surface area (Å²) in [7, 11) is 0. The highest BCUT2D eigenvalue weighted by atomic mass is 16.2. The molecule has 0 aliphatic carbocycles. The topological polar surface area (TPSA) is 46.3 Å². The van der Waals surface area contributed by atoms with Crippen LogP contribution in [0.1, 0.15) is 32.3 Å². The van der Waals surface area contributed by atoms with Gasteiger partial charge in [0.25, 0.3) is 0 Å². The highest BCUT2D eigenvalue weighted by molar-refractivity contribution is 5.76. The summed E-state index contributed by atoms with van der Waals surface area (Å²) in [5.74, 6) is 0.144. The van der Waals surface area contributed by atoms with Gasteiger partial charge in [-0.15, -0.1) is 0 Å². The second-order valence-corrected chi connectivity index (χ2v) is 4.27. The van der Waals surface area contributed by atoms with Crippen LogP contribution in [0.2, 0.25) is 0 Å². The summed E-state index contributed by atoms with van der Waals surface area (Å²) < 4.78 is 0. The number of hydrogen-bond acceptors (Lipinski definition) is 2. The van der Waals surface area contributed by atoms with E-state index in [1.807, 2.05) is 49.1 Å². The van der Waals surface area contributed by atoms with Gasteiger partial charge in [0.15, 0.2) is 0 Å². The van der Waals surface area contributed by atoms with Gasteiger partial charge < -0.3 is 10.6 Å². The van der Waals surface area contributed by atoms with Crippen molar-refractivity contribution in [1.29, 1.82) is 0 Å². The van der Waals surface area contributed by atoms with Gasteiger partial charge in [0.05, 0.1) is 0 Å². The van der Waals surface area contributed by atoms with Crippen LogP contribution >= 0.6 is 0 Å². The molecule has 94 valence electrons. The molecule has 1 unspecified atom stereocenters. The second kappa shape index (κ2) is 7.07. The van der Waals surface area contributed by atoms with Gasteiger partial charge in [-0.25, -0.2) is 0 Å². The lowest BCUT2D eigenvalue weighted by Gasteiger charge is -2.22. The molecule has 0 radical (unpaired) electrons. The van der Waals surface area contributed by atoms with Crippen LogP contribution < -0.4 is 5.73 Å². The third kappa shape index (κ3) is 4.57. The van der Waals surface area contributed by atoms with Crippen molar-refractivity contribution in [1.82, 2.24) is 4.90 Å². The van der Waals surface area contributed by atoms with Crippen molar-refractivity contribution in [3.05, 3.63) is 35.9 Å². The van der Waals surface area contributed by atoms with Gasteiger partial charge in [-0.2, -0.15) is 0 Å². The Bertz CT molecular complexity index is 337. The van der Waals surface area contributed by atoms with Crippen LogP contribution in [0, 0.1) is 0 Å². The molecule has 1 aromatic carbocycles. The summed E-state index contributed by atoms with van der Waals surface area (Å²) in [6, 6.07) is 10.0. The first-order chi connectivity index (χ1) is 8.17. The Balaban J connectivity index is 2.56. The maximum Gasteiger partial charge on any atom is 0.224 e. The van der Waals surface area contributed by atoms with Crippen LogP contribution in [0.15, 0.2) is 30.3 Å². The predicted molar refractivity (Wildman–Crippen MR) is 70.4 cm³/mol. The first-order valence-electron chi connectivity index (χ1n) is 6.24. The van der Waals surface area contributed by atoms with E-state index >= 15 is 0 Å². The summed E-state index contributed by atoms with van der Waals surface area (Å²) in [5, 5.41) is 0. The van der Waals surface area contributed by atoms with E-state index in [0.717, 1.165) is 18.5 Å². The zero-order valence-corrected chi connectivity index (χ0v) is 10.7. The van der Waals surface area contributed by atoms with Crippen LogP contribution in [0.4, 0.5) is 0 Å². The second-order valence-electron chi connectivity index (χ2n) is 4.27. The van der Waals surface area contributed by atoms with Crippen LogP contribution in [-0.2, 0) is 11.3 Å². The van der Waals surface area contributed by atoms with Gasteiger partial charge >= 0.3 is 0 Å². The molecule has 0 heterocycles.